The Hall–Kier alpha value is -4.00. The van der Waals surface area contributed by atoms with Gasteiger partial charge in [0.1, 0.15) is 23.9 Å². The highest BCUT2D eigenvalue weighted by atomic mass is 19.1. The first-order valence-electron chi connectivity index (χ1n) is 10.3. The number of ether oxygens (including phenoxy) is 1. The zero-order chi connectivity index (χ0) is 22.2. The van der Waals surface area contributed by atoms with E-state index in [0.717, 1.165) is 22.5 Å². The monoisotopic (exact) mass is 428 g/mol. The molecule has 160 valence electrons. The number of imidazole rings is 2. The maximum absolute atomic E-state index is 13.4. The van der Waals surface area contributed by atoms with Gasteiger partial charge in [-0.2, -0.15) is 0 Å². The molecule has 0 bridgehead atoms. The van der Waals surface area contributed by atoms with Gasteiger partial charge in [-0.15, -0.1) is 0 Å². The molecule has 32 heavy (non-hydrogen) atoms. The summed E-state index contributed by atoms with van der Waals surface area (Å²) in [7, 11) is 0. The maximum Gasteiger partial charge on any atom is 0.357 e. The summed E-state index contributed by atoms with van der Waals surface area (Å²) in [6.07, 6.45) is 7.66. The normalized spacial score (nSPS) is 13.4. The number of hydrogen-bond donors (Lipinski definition) is 0. The SMILES string of the molecule is Cc1cn(-c2ccc(/C=C/c3nc(-c4ccc(F)cc4)c4n3CCOC4=O)cc2C)cn1. The molecule has 2 aromatic heterocycles. The second kappa shape index (κ2) is 7.92. The standard InChI is InChI=1S/C25H21FN4O2/c1-16-13-18(3-9-21(16)29-14-17(2)27-15-29)4-10-22-28-23(19-5-7-20(26)8-6-19)24-25(31)32-12-11-30(22)24/h3-10,13-15H,11-12H2,1-2H3/b10-4+. The summed E-state index contributed by atoms with van der Waals surface area (Å²) in [5, 5.41) is 0. The van der Waals surface area contributed by atoms with Crippen LogP contribution in [-0.2, 0) is 11.3 Å². The Kier molecular flexibility index (Phi) is 4.93. The van der Waals surface area contributed by atoms with E-state index in [4.69, 9.17) is 4.74 Å². The molecule has 0 saturated carbocycles. The number of aryl methyl sites for hydroxylation is 2. The van der Waals surface area contributed by atoms with Crippen molar-refractivity contribution in [3.63, 3.8) is 0 Å². The minimum Gasteiger partial charge on any atom is -0.459 e. The molecule has 0 atom stereocenters. The number of esters is 1. The third kappa shape index (κ3) is 3.62. The van der Waals surface area contributed by atoms with E-state index in [1.807, 2.05) is 40.5 Å². The molecule has 0 N–H and O–H groups in total. The number of halogens is 1. The van der Waals surface area contributed by atoms with E-state index >= 15 is 0 Å². The highest BCUT2D eigenvalue weighted by Crippen LogP contribution is 2.28. The minimum absolute atomic E-state index is 0.296. The van der Waals surface area contributed by atoms with E-state index in [0.29, 0.717) is 35.9 Å². The highest BCUT2D eigenvalue weighted by molar-refractivity contribution is 5.96. The highest BCUT2D eigenvalue weighted by Gasteiger charge is 2.27. The van der Waals surface area contributed by atoms with Gasteiger partial charge in [0.2, 0.25) is 0 Å². The molecule has 0 amide bonds. The summed E-state index contributed by atoms with van der Waals surface area (Å²) in [5.74, 6) is -0.101. The Balaban J connectivity index is 1.50. The van der Waals surface area contributed by atoms with E-state index in [-0.39, 0.29) is 5.82 Å². The molecular weight excluding hydrogens is 407 g/mol. The Morgan fingerprint density at radius 1 is 1.09 bits per heavy atom. The van der Waals surface area contributed by atoms with Crippen molar-refractivity contribution in [3.05, 3.63) is 89.1 Å². The fourth-order valence-corrected chi connectivity index (χ4v) is 3.93. The molecule has 3 heterocycles. The van der Waals surface area contributed by atoms with Crippen molar-refractivity contribution < 1.29 is 13.9 Å². The van der Waals surface area contributed by atoms with Crippen LogP contribution in [-0.4, -0.2) is 31.7 Å². The van der Waals surface area contributed by atoms with Crippen LogP contribution in [0.15, 0.2) is 55.0 Å². The first-order chi connectivity index (χ1) is 15.5. The van der Waals surface area contributed by atoms with Gasteiger partial charge in [0.25, 0.3) is 0 Å². The largest absolute Gasteiger partial charge is 0.459 e. The van der Waals surface area contributed by atoms with Crippen molar-refractivity contribution in [2.75, 3.05) is 6.61 Å². The lowest BCUT2D eigenvalue weighted by atomic mass is 10.1. The van der Waals surface area contributed by atoms with Gasteiger partial charge >= 0.3 is 5.97 Å². The van der Waals surface area contributed by atoms with E-state index in [1.165, 1.54) is 12.1 Å². The lowest BCUT2D eigenvalue weighted by Gasteiger charge is -2.16. The Bertz CT molecular complexity index is 1350. The van der Waals surface area contributed by atoms with E-state index < -0.39 is 5.97 Å². The Morgan fingerprint density at radius 3 is 2.62 bits per heavy atom. The molecule has 6 nitrogen and oxygen atoms in total. The van der Waals surface area contributed by atoms with Gasteiger partial charge < -0.3 is 13.9 Å². The zero-order valence-electron chi connectivity index (χ0n) is 17.7. The van der Waals surface area contributed by atoms with Crippen molar-refractivity contribution in [2.45, 2.75) is 20.4 Å². The number of rotatable bonds is 4. The van der Waals surface area contributed by atoms with Crippen LogP contribution in [0.4, 0.5) is 4.39 Å². The summed E-state index contributed by atoms with van der Waals surface area (Å²) in [4.78, 5) is 21.4. The van der Waals surface area contributed by atoms with Crippen LogP contribution < -0.4 is 0 Å². The fourth-order valence-electron chi connectivity index (χ4n) is 3.93. The molecule has 0 spiro atoms. The van der Waals surface area contributed by atoms with Gasteiger partial charge in [-0.05, 0) is 67.4 Å². The number of cyclic esters (lactones) is 1. The molecule has 0 fully saturated rings. The van der Waals surface area contributed by atoms with Gasteiger partial charge in [-0.25, -0.2) is 19.2 Å². The quantitative estimate of drug-likeness (QED) is 0.437. The van der Waals surface area contributed by atoms with Gasteiger partial charge in [0, 0.05) is 17.4 Å². The number of benzene rings is 2. The van der Waals surface area contributed by atoms with Crippen molar-refractivity contribution in [1.29, 1.82) is 0 Å². The van der Waals surface area contributed by atoms with Crippen LogP contribution in [0.3, 0.4) is 0 Å². The lowest BCUT2D eigenvalue weighted by molar-refractivity contribution is 0.0423. The van der Waals surface area contributed by atoms with E-state index in [9.17, 15) is 9.18 Å². The molecule has 2 aromatic carbocycles. The van der Waals surface area contributed by atoms with Crippen LogP contribution in [0.1, 0.15) is 33.1 Å². The molecule has 0 unspecified atom stereocenters. The van der Waals surface area contributed by atoms with Gasteiger partial charge in [0.05, 0.1) is 18.6 Å². The van der Waals surface area contributed by atoms with Crippen LogP contribution >= 0.6 is 0 Å². The molecule has 7 heteroatoms. The molecular formula is C25H21FN4O2. The van der Waals surface area contributed by atoms with Crippen molar-refractivity contribution >= 4 is 18.1 Å². The first kappa shape index (κ1) is 19.9. The second-order valence-electron chi connectivity index (χ2n) is 7.76. The number of hydrogen-bond acceptors (Lipinski definition) is 4. The summed E-state index contributed by atoms with van der Waals surface area (Å²) < 4.78 is 22.5. The van der Waals surface area contributed by atoms with Crippen LogP contribution in [0.5, 0.6) is 0 Å². The molecule has 5 rings (SSSR count). The second-order valence-corrected chi connectivity index (χ2v) is 7.76. The average molecular weight is 428 g/mol. The van der Waals surface area contributed by atoms with Gasteiger partial charge in [0.15, 0.2) is 5.69 Å². The number of aromatic nitrogens is 4. The van der Waals surface area contributed by atoms with Crippen LogP contribution in [0.2, 0.25) is 0 Å². The Morgan fingerprint density at radius 2 is 1.91 bits per heavy atom. The summed E-state index contributed by atoms with van der Waals surface area (Å²) in [5.41, 5.74) is 5.73. The third-order valence-corrected chi connectivity index (χ3v) is 5.49. The number of carbonyl (C=O) groups excluding carboxylic acids is 1. The number of nitrogens with zero attached hydrogens (tertiary/aromatic N) is 4. The zero-order valence-corrected chi connectivity index (χ0v) is 17.7. The van der Waals surface area contributed by atoms with Crippen molar-refractivity contribution in [2.24, 2.45) is 0 Å². The average Bonchev–Trinajstić information content (AvgIpc) is 3.37. The number of carbonyl (C=O) groups is 1. The molecule has 0 aliphatic carbocycles. The minimum atomic E-state index is -0.418. The topological polar surface area (TPSA) is 61.9 Å². The summed E-state index contributed by atoms with van der Waals surface area (Å²) in [6, 6.07) is 12.1. The van der Waals surface area contributed by atoms with E-state index in [1.54, 1.807) is 18.5 Å². The molecule has 1 aliphatic heterocycles. The third-order valence-electron chi connectivity index (χ3n) is 5.49. The molecule has 4 aromatic rings. The maximum atomic E-state index is 13.4. The summed E-state index contributed by atoms with van der Waals surface area (Å²) in [6.45, 7) is 4.84. The van der Waals surface area contributed by atoms with Crippen molar-refractivity contribution in [1.82, 2.24) is 19.1 Å². The molecule has 0 radical (unpaired) electrons. The summed E-state index contributed by atoms with van der Waals surface area (Å²) >= 11 is 0. The predicted molar refractivity (Wildman–Crippen MR) is 120 cm³/mol. The predicted octanol–water partition coefficient (Wildman–Crippen LogP) is 4.83. The molecule has 0 saturated heterocycles. The van der Waals surface area contributed by atoms with Crippen LogP contribution in [0, 0.1) is 19.7 Å². The van der Waals surface area contributed by atoms with Gasteiger partial charge in [-0.1, -0.05) is 12.1 Å². The first-order valence-corrected chi connectivity index (χ1v) is 10.3. The lowest BCUT2D eigenvalue weighted by Crippen LogP contribution is -2.23. The van der Waals surface area contributed by atoms with Gasteiger partial charge in [-0.3, -0.25) is 0 Å². The van der Waals surface area contributed by atoms with Crippen LogP contribution in [0.25, 0.3) is 29.1 Å². The Labute approximate surface area is 184 Å². The smallest absolute Gasteiger partial charge is 0.357 e. The van der Waals surface area contributed by atoms with Crippen molar-refractivity contribution in [3.8, 4) is 16.9 Å². The number of fused-ring (bicyclic) bond motifs is 1. The molecule has 1 aliphatic rings. The van der Waals surface area contributed by atoms with E-state index in [2.05, 4.69) is 29.0 Å². The fraction of sp³-hybridized carbons (Fsp3) is 0.160.